The van der Waals surface area contributed by atoms with E-state index in [-0.39, 0.29) is 11.4 Å². The molecule has 2 rings (SSSR count). The van der Waals surface area contributed by atoms with Gasteiger partial charge in [0.1, 0.15) is 5.75 Å². The van der Waals surface area contributed by atoms with Crippen LogP contribution in [0, 0.1) is 6.92 Å². The summed E-state index contributed by atoms with van der Waals surface area (Å²) in [5.41, 5.74) is 1.64. The van der Waals surface area contributed by atoms with Crippen LogP contribution in [0.5, 0.6) is 5.75 Å². The highest BCUT2D eigenvalue weighted by Gasteiger charge is 2.26. The minimum absolute atomic E-state index is 0.0112. The van der Waals surface area contributed by atoms with Gasteiger partial charge in [-0.2, -0.15) is 4.31 Å². The summed E-state index contributed by atoms with van der Waals surface area (Å²) in [7, 11) is -2.32. The number of benzene rings is 2. The first-order valence-corrected chi connectivity index (χ1v) is 9.92. The van der Waals surface area contributed by atoms with Gasteiger partial charge in [-0.1, -0.05) is 23.8 Å². The molecule has 8 heteroatoms. The zero-order valence-electron chi connectivity index (χ0n) is 13.7. The number of methoxy groups -OCH3 is 1. The molecule has 134 valence electrons. The fourth-order valence-electron chi connectivity index (χ4n) is 2.24. The molecule has 0 fully saturated rings. The van der Waals surface area contributed by atoms with Crippen molar-refractivity contribution in [3.8, 4) is 5.75 Å². The molecule has 0 atom stereocenters. The van der Waals surface area contributed by atoms with E-state index in [2.05, 4.69) is 15.9 Å². The third kappa shape index (κ3) is 5.04. The van der Waals surface area contributed by atoms with Crippen LogP contribution in [0.1, 0.15) is 11.1 Å². The highest BCUT2D eigenvalue weighted by molar-refractivity contribution is 9.10. The molecule has 0 saturated carbocycles. The van der Waals surface area contributed by atoms with Gasteiger partial charge in [-0.05, 0) is 64.3 Å². The Kier molecular flexibility index (Phi) is 6.62. The largest absolute Gasteiger partial charge is 0.496 e. The van der Waals surface area contributed by atoms with E-state index in [1.54, 1.807) is 37.4 Å². The Labute approximate surface area is 160 Å². The summed E-state index contributed by atoms with van der Waals surface area (Å²) < 4.78 is 32.7. The first-order chi connectivity index (χ1) is 11.7. The molecule has 25 heavy (non-hydrogen) atoms. The van der Waals surface area contributed by atoms with Crippen molar-refractivity contribution in [3.05, 3.63) is 58.1 Å². The molecule has 0 aliphatic carbocycles. The van der Waals surface area contributed by atoms with Crippen LogP contribution in [-0.4, -0.2) is 31.6 Å². The van der Waals surface area contributed by atoms with Crippen molar-refractivity contribution < 1.29 is 17.9 Å². The van der Waals surface area contributed by atoms with Crippen LogP contribution in [0.2, 0.25) is 0 Å². The Morgan fingerprint density at radius 2 is 1.84 bits per heavy atom. The molecule has 0 unspecified atom stereocenters. The lowest BCUT2D eigenvalue weighted by atomic mass is 10.2. The molecule has 0 heterocycles. The minimum Gasteiger partial charge on any atom is -0.496 e. The van der Waals surface area contributed by atoms with Gasteiger partial charge >= 0.3 is 0 Å². The molecule has 0 bridgehead atoms. The van der Waals surface area contributed by atoms with Crippen molar-refractivity contribution in [1.29, 1.82) is 0 Å². The maximum Gasteiger partial charge on any atom is 0.243 e. The fourth-order valence-corrected chi connectivity index (χ4v) is 4.42. The smallest absolute Gasteiger partial charge is 0.243 e. The summed E-state index contributed by atoms with van der Waals surface area (Å²) in [6.07, 6.45) is 0. The van der Waals surface area contributed by atoms with Gasteiger partial charge < -0.3 is 4.74 Å². The Morgan fingerprint density at radius 1 is 1.20 bits per heavy atom. The van der Waals surface area contributed by atoms with Gasteiger partial charge in [0.2, 0.25) is 15.3 Å². The second kappa shape index (κ2) is 8.31. The van der Waals surface area contributed by atoms with E-state index < -0.39 is 21.8 Å². The third-order valence-corrected chi connectivity index (χ3v) is 6.08. The number of carbonyl (C=O) groups is 1. The predicted molar refractivity (Wildman–Crippen MR) is 100 cm³/mol. The van der Waals surface area contributed by atoms with Crippen molar-refractivity contribution in [2.24, 2.45) is 0 Å². The number of halogens is 2. The molecule has 2 aromatic carbocycles. The molecular weight excluding hydrogens is 430 g/mol. The average Bonchev–Trinajstić information content (AvgIpc) is 2.54. The van der Waals surface area contributed by atoms with Gasteiger partial charge in [-0.3, -0.25) is 4.79 Å². The summed E-state index contributed by atoms with van der Waals surface area (Å²) in [5, 5.41) is -0.747. The van der Waals surface area contributed by atoms with Crippen LogP contribution in [0.3, 0.4) is 0 Å². The molecule has 0 aromatic heterocycles. The van der Waals surface area contributed by atoms with Crippen LogP contribution >= 0.6 is 27.5 Å². The van der Waals surface area contributed by atoms with Gasteiger partial charge in [-0.25, -0.2) is 8.42 Å². The number of nitrogens with zero attached hydrogens (tertiary/aromatic N) is 1. The molecule has 0 N–H and O–H groups in total. The molecule has 0 radical (unpaired) electrons. The van der Waals surface area contributed by atoms with E-state index >= 15 is 0 Å². The Hall–Kier alpha value is -1.41. The SMILES string of the molecule is COc1ccc(CN(CC(=O)Cl)S(=O)(=O)c2ccc(C)cc2)cc1Br. The highest BCUT2D eigenvalue weighted by Crippen LogP contribution is 2.27. The number of aryl methyl sites for hydroxylation is 1. The molecular formula is C17H17BrClNO4S. The number of ether oxygens (including phenoxy) is 1. The Morgan fingerprint density at radius 3 is 2.36 bits per heavy atom. The number of hydrogen-bond acceptors (Lipinski definition) is 4. The summed E-state index contributed by atoms with van der Waals surface area (Å²) in [5.74, 6) is 0.630. The molecule has 2 aromatic rings. The first kappa shape index (κ1) is 19.9. The maximum atomic E-state index is 12.9. The van der Waals surface area contributed by atoms with Crippen molar-refractivity contribution in [2.45, 2.75) is 18.4 Å². The van der Waals surface area contributed by atoms with Gasteiger partial charge in [0.25, 0.3) is 0 Å². The maximum absolute atomic E-state index is 12.9. The topological polar surface area (TPSA) is 63.7 Å². The number of hydrogen-bond donors (Lipinski definition) is 0. The van der Waals surface area contributed by atoms with E-state index in [1.165, 1.54) is 12.1 Å². The number of sulfonamides is 1. The zero-order chi connectivity index (χ0) is 18.6. The fraction of sp³-hybridized carbons (Fsp3) is 0.235. The second-order valence-electron chi connectivity index (χ2n) is 5.41. The Balaban J connectivity index is 2.37. The van der Waals surface area contributed by atoms with Crippen molar-refractivity contribution >= 4 is 42.8 Å². The average molecular weight is 447 g/mol. The van der Waals surface area contributed by atoms with Crippen molar-refractivity contribution in [1.82, 2.24) is 4.31 Å². The third-order valence-electron chi connectivity index (χ3n) is 3.53. The van der Waals surface area contributed by atoms with Gasteiger partial charge in [0, 0.05) is 6.54 Å². The standard InChI is InChI=1S/C17H17BrClNO4S/c1-12-3-6-14(7-4-12)25(22,23)20(11-17(19)21)10-13-5-8-16(24-2)15(18)9-13/h3-9H,10-11H2,1-2H3. The second-order valence-corrected chi connectivity index (χ2v) is 8.62. The molecule has 0 amide bonds. The molecule has 0 aliphatic rings. The van der Waals surface area contributed by atoms with Gasteiger partial charge in [-0.15, -0.1) is 0 Å². The van der Waals surface area contributed by atoms with E-state index in [4.69, 9.17) is 16.3 Å². The van der Waals surface area contributed by atoms with E-state index in [0.717, 1.165) is 9.87 Å². The lowest BCUT2D eigenvalue weighted by Gasteiger charge is -2.21. The monoisotopic (exact) mass is 445 g/mol. The molecule has 0 aliphatic heterocycles. The Bertz CT molecular complexity index is 869. The number of rotatable bonds is 7. The first-order valence-electron chi connectivity index (χ1n) is 7.31. The number of carbonyl (C=O) groups excluding carboxylic acids is 1. The van der Waals surface area contributed by atoms with Crippen LogP contribution in [0.15, 0.2) is 51.8 Å². The molecule has 0 saturated heterocycles. The van der Waals surface area contributed by atoms with Gasteiger partial charge in [0.05, 0.1) is 23.0 Å². The van der Waals surface area contributed by atoms with Crippen LogP contribution in [-0.2, 0) is 21.4 Å². The lowest BCUT2D eigenvalue weighted by molar-refractivity contribution is -0.111. The van der Waals surface area contributed by atoms with Gasteiger partial charge in [0.15, 0.2) is 0 Å². The van der Waals surface area contributed by atoms with Crippen molar-refractivity contribution in [3.63, 3.8) is 0 Å². The normalized spacial score (nSPS) is 11.6. The van der Waals surface area contributed by atoms with Crippen molar-refractivity contribution in [2.75, 3.05) is 13.7 Å². The summed E-state index contributed by atoms with van der Waals surface area (Å²) in [6.45, 7) is 1.46. The zero-order valence-corrected chi connectivity index (χ0v) is 16.9. The summed E-state index contributed by atoms with van der Waals surface area (Å²) >= 11 is 8.83. The summed E-state index contributed by atoms with van der Waals surface area (Å²) in [4.78, 5) is 11.5. The highest BCUT2D eigenvalue weighted by atomic mass is 79.9. The van der Waals surface area contributed by atoms with Crippen LogP contribution in [0.25, 0.3) is 0 Å². The summed E-state index contributed by atoms with van der Waals surface area (Å²) in [6, 6.07) is 11.6. The van der Waals surface area contributed by atoms with Crippen LogP contribution < -0.4 is 4.74 Å². The molecule has 0 spiro atoms. The molecule has 5 nitrogen and oxygen atoms in total. The quantitative estimate of drug-likeness (QED) is 0.608. The lowest BCUT2D eigenvalue weighted by Crippen LogP contribution is -2.34. The van der Waals surface area contributed by atoms with E-state index in [9.17, 15) is 13.2 Å². The van der Waals surface area contributed by atoms with E-state index in [0.29, 0.717) is 15.8 Å². The van der Waals surface area contributed by atoms with E-state index in [1.807, 2.05) is 6.92 Å². The minimum atomic E-state index is -3.86. The predicted octanol–water partition coefficient (Wildman–Crippen LogP) is 3.72. The van der Waals surface area contributed by atoms with Crippen LogP contribution in [0.4, 0.5) is 0 Å².